The van der Waals surface area contributed by atoms with E-state index in [2.05, 4.69) is 54.8 Å². The number of halogens is 1. The van der Waals surface area contributed by atoms with E-state index in [1.807, 2.05) is 18.2 Å². The van der Waals surface area contributed by atoms with Crippen molar-refractivity contribution < 1.29 is 9.53 Å². The van der Waals surface area contributed by atoms with E-state index >= 15 is 0 Å². The molecule has 4 nitrogen and oxygen atoms in total. The Hall–Kier alpha value is -2.89. The molecule has 0 heterocycles. The van der Waals surface area contributed by atoms with E-state index in [9.17, 15) is 4.79 Å². The molecule has 0 aliphatic carbocycles. The highest BCUT2D eigenvalue weighted by molar-refractivity contribution is 7.80. The number of ether oxygens (including phenoxy) is 1. The SMILES string of the molecule is COC(=O)c1ccc(Cl)c(NC(=S)N[C@@H](c2ccccc2)c2ccc(C)cc2C)c1. The minimum Gasteiger partial charge on any atom is -0.465 e. The van der Waals surface area contributed by atoms with E-state index in [4.69, 9.17) is 28.6 Å². The van der Waals surface area contributed by atoms with Gasteiger partial charge in [0.15, 0.2) is 5.11 Å². The van der Waals surface area contributed by atoms with Crippen LogP contribution < -0.4 is 10.6 Å². The molecule has 30 heavy (non-hydrogen) atoms. The molecule has 0 aliphatic rings. The van der Waals surface area contributed by atoms with Crippen molar-refractivity contribution in [2.45, 2.75) is 19.9 Å². The quantitative estimate of drug-likeness (QED) is 0.388. The van der Waals surface area contributed by atoms with Crippen molar-refractivity contribution in [1.82, 2.24) is 5.32 Å². The van der Waals surface area contributed by atoms with Crippen LogP contribution in [0.4, 0.5) is 5.69 Å². The fourth-order valence-electron chi connectivity index (χ4n) is 3.29. The smallest absolute Gasteiger partial charge is 0.337 e. The van der Waals surface area contributed by atoms with Crippen molar-refractivity contribution in [2.75, 3.05) is 12.4 Å². The summed E-state index contributed by atoms with van der Waals surface area (Å²) in [5, 5.41) is 7.35. The first-order valence-corrected chi connectivity index (χ1v) is 10.2. The first kappa shape index (κ1) is 21.8. The minimum absolute atomic E-state index is 0.144. The summed E-state index contributed by atoms with van der Waals surface area (Å²) in [7, 11) is 1.34. The van der Waals surface area contributed by atoms with Gasteiger partial charge < -0.3 is 15.4 Å². The Morgan fingerprint density at radius 2 is 1.77 bits per heavy atom. The van der Waals surface area contributed by atoms with E-state index in [-0.39, 0.29) is 6.04 Å². The molecule has 3 aromatic carbocycles. The average molecular weight is 439 g/mol. The van der Waals surface area contributed by atoms with Crippen molar-refractivity contribution in [3.63, 3.8) is 0 Å². The van der Waals surface area contributed by atoms with Crippen molar-refractivity contribution in [1.29, 1.82) is 0 Å². The van der Waals surface area contributed by atoms with Crippen LogP contribution in [0.5, 0.6) is 0 Å². The second-order valence-electron chi connectivity index (χ2n) is 6.99. The predicted octanol–water partition coefficient (Wildman–Crippen LogP) is 5.82. The topological polar surface area (TPSA) is 50.4 Å². The molecule has 0 saturated carbocycles. The Morgan fingerprint density at radius 1 is 1.03 bits per heavy atom. The van der Waals surface area contributed by atoms with Gasteiger partial charge in [0.05, 0.1) is 29.4 Å². The molecule has 1 atom stereocenters. The maximum Gasteiger partial charge on any atom is 0.337 e. The third-order valence-electron chi connectivity index (χ3n) is 4.78. The van der Waals surface area contributed by atoms with Gasteiger partial charge in [0.25, 0.3) is 0 Å². The zero-order valence-electron chi connectivity index (χ0n) is 17.0. The lowest BCUT2D eigenvalue weighted by Crippen LogP contribution is -2.33. The molecule has 0 fully saturated rings. The number of esters is 1. The van der Waals surface area contributed by atoms with Crippen LogP contribution in [0.3, 0.4) is 0 Å². The van der Waals surface area contributed by atoms with E-state index < -0.39 is 5.97 Å². The maximum absolute atomic E-state index is 11.8. The minimum atomic E-state index is -0.439. The summed E-state index contributed by atoms with van der Waals surface area (Å²) in [6, 6.07) is 21.2. The Labute approximate surface area is 187 Å². The van der Waals surface area contributed by atoms with Crippen LogP contribution in [0, 0.1) is 13.8 Å². The molecular weight excluding hydrogens is 416 g/mol. The number of hydrogen-bond donors (Lipinski definition) is 2. The number of anilines is 1. The number of carbonyl (C=O) groups excluding carboxylic acids is 1. The van der Waals surface area contributed by atoms with Crippen molar-refractivity contribution in [3.05, 3.63) is 99.6 Å². The number of aryl methyl sites for hydroxylation is 2. The van der Waals surface area contributed by atoms with Crippen LogP contribution in [0.15, 0.2) is 66.7 Å². The second-order valence-corrected chi connectivity index (χ2v) is 7.80. The van der Waals surface area contributed by atoms with Crippen molar-refractivity contribution in [3.8, 4) is 0 Å². The Kier molecular flexibility index (Phi) is 7.08. The van der Waals surface area contributed by atoms with E-state index in [1.54, 1.807) is 18.2 Å². The van der Waals surface area contributed by atoms with Crippen LogP contribution in [0.2, 0.25) is 5.02 Å². The van der Waals surface area contributed by atoms with Crippen LogP contribution >= 0.6 is 23.8 Å². The van der Waals surface area contributed by atoms with Gasteiger partial charge in [-0.15, -0.1) is 0 Å². The summed E-state index contributed by atoms with van der Waals surface area (Å²) >= 11 is 11.9. The molecule has 0 unspecified atom stereocenters. The highest BCUT2D eigenvalue weighted by atomic mass is 35.5. The lowest BCUT2D eigenvalue weighted by atomic mass is 9.94. The van der Waals surface area contributed by atoms with Gasteiger partial charge in [0.1, 0.15) is 0 Å². The average Bonchev–Trinajstić information content (AvgIpc) is 2.74. The lowest BCUT2D eigenvalue weighted by Gasteiger charge is -2.24. The van der Waals surface area contributed by atoms with Gasteiger partial charge in [0, 0.05) is 0 Å². The van der Waals surface area contributed by atoms with Gasteiger partial charge in [-0.1, -0.05) is 65.7 Å². The molecule has 3 rings (SSSR count). The zero-order valence-corrected chi connectivity index (χ0v) is 18.6. The van der Waals surface area contributed by atoms with Crippen molar-refractivity contribution >= 4 is 40.6 Å². The summed E-state index contributed by atoms with van der Waals surface area (Å²) < 4.78 is 4.78. The van der Waals surface area contributed by atoms with Crippen LogP contribution in [0.1, 0.15) is 38.7 Å². The molecule has 0 aromatic heterocycles. The van der Waals surface area contributed by atoms with Gasteiger partial charge in [-0.05, 0) is 61.0 Å². The fraction of sp³-hybridized carbons (Fsp3) is 0.167. The summed E-state index contributed by atoms with van der Waals surface area (Å²) in [5.74, 6) is -0.439. The number of hydrogen-bond acceptors (Lipinski definition) is 3. The number of thiocarbonyl (C=S) groups is 1. The molecule has 0 spiro atoms. The summed E-state index contributed by atoms with van der Waals surface area (Å²) in [6.07, 6.45) is 0. The molecule has 154 valence electrons. The Bertz CT molecular complexity index is 1070. The monoisotopic (exact) mass is 438 g/mol. The second kappa shape index (κ2) is 9.74. The summed E-state index contributed by atoms with van der Waals surface area (Å²) in [4.78, 5) is 11.8. The molecule has 0 amide bonds. The van der Waals surface area contributed by atoms with Gasteiger partial charge >= 0.3 is 5.97 Å². The van der Waals surface area contributed by atoms with E-state index in [1.165, 1.54) is 18.2 Å². The number of carbonyl (C=O) groups is 1. The lowest BCUT2D eigenvalue weighted by molar-refractivity contribution is 0.0601. The first-order valence-electron chi connectivity index (χ1n) is 9.46. The number of nitrogens with one attached hydrogen (secondary N) is 2. The number of methoxy groups -OCH3 is 1. The highest BCUT2D eigenvalue weighted by Crippen LogP contribution is 2.27. The Balaban J connectivity index is 1.88. The molecule has 0 radical (unpaired) electrons. The predicted molar refractivity (Wildman–Crippen MR) is 126 cm³/mol. The van der Waals surface area contributed by atoms with E-state index in [0.717, 1.165) is 11.1 Å². The molecule has 6 heteroatoms. The third kappa shape index (κ3) is 5.17. The molecule has 3 aromatic rings. The molecule has 0 bridgehead atoms. The normalized spacial score (nSPS) is 11.5. The van der Waals surface area contributed by atoms with Crippen molar-refractivity contribution in [2.24, 2.45) is 0 Å². The summed E-state index contributed by atoms with van der Waals surface area (Å²) in [6.45, 7) is 4.16. The van der Waals surface area contributed by atoms with Gasteiger partial charge in [-0.2, -0.15) is 0 Å². The standard InChI is InChI=1S/C24H23ClN2O2S/c1-15-9-11-19(16(2)13-15)22(17-7-5-4-6-8-17)27-24(30)26-21-14-18(23(28)29-3)10-12-20(21)25/h4-14,22H,1-3H3,(H2,26,27,30)/t22-/m0/s1. The highest BCUT2D eigenvalue weighted by Gasteiger charge is 2.18. The number of rotatable bonds is 5. The molecule has 0 aliphatic heterocycles. The number of benzene rings is 3. The van der Waals surface area contributed by atoms with E-state index in [0.29, 0.717) is 21.4 Å². The van der Waals surface area contributed by atoms with Crippen LogP contribution in [0.25, 0.3) is 0 Å². The van der Waals surface area contributed by atoms with Gasteiger partial charge in [0.2, 0.25) is 0 Å². The van der Waals surface area contributed by atoms with Gasteiger partial charge in [-0.3, -0.25) is 0 Å². The largest absolute Gasteiger partial charge is 0.465 e. The Morgan fingerprint density at radius 3 is 2.43 bits per heavy atom. The molecular formula is C24H23ClN2O2S. The van der Waals surface area contributed by atoms with Crippen LogP contribution in [-0.2, 0) is 4.74 Å². The zero-order chi connectivity index (χ0) is 21.7. The molecule has 0 saturated heterocycles. The summed E-state index contributed by atoms with van der Waals surface area (Å²) in [5.41, 5.74) is 5.51. The third-order valence-corrected chi connectivity index (χ3v) is 5.33. The maximum atomic E-state index is 11.8. The fourth-order valence-corrected chi connectivity index (χ4v) is 3.68. The first-order chi connectivity index (χ1) is 14.4. The van der Waals surface area contributed by atoms with Gasteiger partial charge in [-0.25, -0.2) is 4.79 Å². The molecule has 2 N–H and O–H groups in total. The van der Waals surface area contributed by atoms with Crippen LogP contribution in [-0.4, -0.2) is 18.2 Å².